The molecule has 0 saturated carbocycles. The van der Waals surface area contributed by atoms with Gasteiger partial charge in [0.25, 0.3) is 0 Å². The number of nitrogens with two attached hydrogens (primary N) is 4. The van der Waals surface area contributed by atoms with Crippen molar-refractivity contribution < 1.29 is 87.9 Å². The number of aliphatic hydroxyl groups excluding tert-OH is 2. The molecule has 0 spiro atoms. The number of amides is 10. The molecule has 0 unspecified atom stereocenters. The third-order valence-corrected chi connectivity index (χ3v) is 12.7. The SMILES string of the molecule is CC(C)C[C@H](NC(=O)[C@H](CCC(=O)O)NC(=O)[C@H](C)NC(=O)[C@H](CCCN=C(N)N)NC(=O)[C@H](C)NC(=O)[C@H](CCCCN)NC(=O)[C@H](CC(=O)O)NC(=O)[C@@H](NC(=O)[C@H](CO)NC(=O)[C@@H]1CCCN1C(=O)[C@@H](N)CO)C(C)C)C(=O)O. The first-order valence-electron chi connectivity index (χ1n) is 26.8. The monoisotopic (exact) mass is 1170 g/mol. The van der Waals surface area contributed by atoms with Crippen LogP contribution in [0.2, 0.25) is 0 Å². The van der Waals surface area contributed by atoms with Crippen molar-refractivity contribution in [3.63, 3.8) is 0 Å². The number of aliphatic imine (C=N–C) groups is 1. The second kappa shape index (κ2) is 36.5. The number of unbranched alkanes of at least 4 members (excludes halogenated alkanes) is 1. The summed E-state index contributed by atoms with van der Waals surface area (Å²) in [6.45, 7) is 7.40. The molecule has 0 aliphatic carbocycles. The fraction of sp³-hybridized carbons (Fsp3) is 0.714. The Balaban J connectivity index is 3.32. The minimum atomic E-state index is -1.90. The average molecular weight is 1170 g/mol. The molecule has 11 atom stereocenters. The molecule has 1 aliphatic heterocycles. The highest BCUT2D eigenvalue weighted by atomic mass is 16.4. The second-order valence-corrected chi connectivity index (χ2v) is 20.5. The number of carboxylic acids is 3. The Bertz CT molecular complexity index is 2270. The quantitative estimate of drug-likeness (QED) is 0.0155. The molecule has 0 aromatic carbocycles. The van der Waals surface area contributed by atoms with E-state index in [0.717, 1.165) is 4.90 Å². The zero-order chi connectivity index (χ0) is 62.6. The highest BCUT2D eigenvalue weighted by Crippen LogP contribution is 2.19. The van der Waals surface area contributed by atoms with Crippen LogP contribution in [0.15, 0.2) is 4.99 Å². The van der Waals surface area contributed by atoms with Crippen molar-refractivity contribution in [3.05, 3.63) is 0 Å². The number of nitrogens with zero attached hydrogens (tertiary/aromatic N) is 2. The molecule has 1 aliphatic rings. The summed E-state index contributed by atoms with van der Waals surface area (Å²) in [6, 6.07) is -16.3. The zero-order valence-electron chi connectivity index (χ0n) is 47.1. The summed E-state index contributed by atoms with van der Waals surface area (Å²) < 4.78 is 0. The van der Waals surface area contributed by atoms with Crippen LogP contribution >= 0.6 is 0 Å². The Hall–Kier alpha value is -7.78. The lowest BCUT2D eigenvalue weighted by Crippen LogP contribution is -2.61. The predicted octanol–water partition coefficient (Wildman–Crippen LogP) is -7.00. The molecule has 0 bridgehead atoms. The lowest BCUT2D eigenvalue weighted by atomic mass is 10.0. The Labute approximate surface area is 473 Å². The fourth-order valence-corrected chi connectivity index (χ4v) is 8.15. The zero-order valence-corrected chi connectivity index (χ0v) is 47.1. The highest BCUT2D eigenvalue weighted by Gasteiger charge is 2.39. The molecule has 1 rings (SSSR count). The maximum absolute atomic E-state index is 13.9. The van der Waals surface area contributed by atoms with E-state index in [-0.39, 0.29) is 70.0 Å². The average Bonchev–Trinajstić information content (AvgIpc) is 3.91. The van der Waals surface area contributed by atoms with Crippen molar-refractivity contribution in [2.24, 2.45) is 39.8 Å². The van der Waals surface area contributed by atoms with Crippen LogP contribution < -0.4 is 70.8 Å². The van der Waals surface area contributed by atoms with E-state index in [4.69, 9.17) is 22.9 Å². The Morgan fingerprint density at radius 1 is 0.561 bits per heavy atom. The van der Waals surface area contributed by atoms with Gasteiger partial charge in [0.05, 0.1) is 19.6 Å². The van der Waals surface area contributed by atoms with Gasteiger partial charge in [-0.3, -0.25) is 62.5 Å². The van der Waals surface area contributed by atoms with Crippen LogP contribution in [-0.4, -0.2) is 213 Å². The number of carbonyl (C=O) groups is 13. The molecule has 1 fully saturated rings. The summed E-state index contributed by atoms with van der Waals surface area (Å²) in [6.07, 6.45) is -1.23. The van der Waals surface area contributed by atoms with Crippen LogP contribution in [0.3, 0.4) is 0 Å². The molecule has 0 aromatic rings. The van der Waals surface area contributed by atoms with Gasteiger partial charge in [0.2, 0.25) is 59.1 Å². The summed E-state index contributed by atoms with van der Waals surface area (Å²) >= 11 is 0. The largest absolute Gasteiger partial charge is 0.481 e. The summed E-state index contributed by atoms with van der Waals surface area (Å²) in [5.74, 6) is -15.3. The van der Waals surface area contributed by atoms with Gasteiger partial charge < -0.3 is 101 Å². The smallest absolute Gasteiger partial charge is 0.326 e. The molecular formula is C49H85N15O18. The number of hydrogen-bond acceptors (Lipinski definition) is 18. The van der Waals surface area contributed by atoms with Gasteiger partial charge in [-0.2, -0.15) is 0 Å². The Morgan fingerprint density at radius 3 is 1.52 bits per heavy atom. The number of rotatable bonds is 38. The molecule has 33 heteroatoms. The van der Waals surface area contributed by atoms with E-state index in [0.29, 0.717) is 12.8 Å². The molecule has 82 heavy (non-hydrogen) atoms. The Kier molecular flexibility index (Phi) is 32.2. The van der Waals surface area contributed by atoms with Gasteiger partial charge in [-0.15, -0.1) is 0 Å². The fourth-order valence-electron chi connectivity index (χ4n) is 8.15. The molecule has 1 heterocycles. The maximum atomic E-state index is 13.9. The molecule has 22 N–H and O–H groups in total. The normalized spacial score (nSPS) is 16.6. The summed E-state index contributed by atoms with van der Waals surface area (Å²) in [4.78, 5) is 175. The third kappa shape index (κ3) is 25.8. The van der Waals surface area contributed by atoms with E-state index in [1.165, 1.54) is 27.7 Å². The van der Waals surface area contributed by atoms with Crippen LogP contribution in [0.1, 0.15) is 112 Å². The maximum Gasteiger partial charge on any atom is 0.326 e. The van der Waals surface area contributed by atoms with Gasteiger partial charge in [0, 0.05) is 19.5 Å². The first-order chi connectivity index (χ1) is 38.4. The lowest BCUT2D eigenvalue weighted by Gasteiger charge is -2.29. The summed E-state index contributed by atoms with van der Waals surface area (Å²) in [5, 5.41) is 69.4. The minimum Gasteiger partial charge on any atom is -0.481 e. The van der Waals surface area contributed by atoms with Crippen molar-refractivity contribution in [2.75, 3.05) is 32.8 Å². The number of carbonyl (C=O) groups excluding carboxylic acids is 10. The number of hydrogen-bond donors (Lipinski definition) is 18. The molecule has 33 nitrogen and oxygen atoms in total. The Morgan fingerprint density at radius 2 is 1.05 bits per heavy atom. The van der Waals surface area contributed by atoms with Gasteiger partial charge in [0.1, 0.15) is 66.5 Å². The van der Waals surface area contributed by atoms with Crippen molar-refractivity contribution >= 4 is 82.9 Å². The molecule has 1 saturated heterocycles. The van der Waals surface area contributed by atoms with E-state index in [2.05, 4.69) is 52.8 Å². The van der Waals surface area contributed by atoms with Crippen LogP contribution in [0, 0.1) is 11.8 Å². The van der Waals surface area contributed by atoms with Gasteiger partial charge in [-0.25, -0.2) is 4.79 Å². The number of carboxylic acid groups (broad SMARTS) is 3. The van der Waals surface area contributed by atoms with E-state index in [1.807, 2.05) is 0 Å². The molecule has 464 valence electrons. The predicted molar refractivity (Wildman–Crippen MR) is 289 cm³/mol. The third-order valence-electron chi connectivity index (χ3n) is 12.7. The summed E-state index contributed by atoms with van der Waals surface area (Å²) in [5.41, 5.74) is 22.2. The van der Waals surface area contributed by atoms with Crippen LogP contribution in [-0.2, 0) is 62.3 Å². The van der Waals surface area contributed by atoms with Crippen LogP contribution in [0.25, 0.3) is 0 Å². The minimum absolute atomic E-state index is 0.0125. The lowest BCUT2D eigenvalue weighted by molar-refractivity contribution is -0.143. The molecule has 0 radical (unpaired) electrons. The summed E-state index contributed by atoms with van der Waals surface area (Å²) in [7, 11) is 0. The number of guanidine groups is 1. The van der Waals surface area contributed by atoms with Crippen molar-refractivity contribution in [2.45, 2.75) is 179 Å². The first-order valence-corrected chi connectivity index (χ1v) is 26.8. The second-order valence-electron chi connectivity index (χ2n) is 20.5. The first kappa shape index (κ1) is 72.2. The van der Waals surface area contributed by atoms with Crippen LogP contribution in [0.4, 0.5) is 0 Å². The van der Waals surface area contributed by atoms with Gasteiger partial charge >= 0.3 is 17.9 Å². The highest BCUT2D eigenvalue weighted by molar-refractivity contribution is 5.99. The van der Waals surface area contributed by atoms with Crippen molar-refractivity contribution in [1.82, 2.24) is 52.8 Å². The van der Waals surface area contributed by atoms with Gasteiger partial charge in [-0.05, 0) is 90.0 Å². The van der Waals surface area contributed by atoms with E-state index in [1.54, 1.807) is 13.8 Å². The van der Waals surface area contributed by atoms with Crippen molar-refractivity contribution in [3.8, 4) is 0 Å². The number of nitrogens with one attached hydrogen (secondary N) is 9. The van der Waals surface area contributed by atoms with Crippen LogP contribution in [0.5, 0.6) is 0 Å². The number of aliphatic carboxylic acids is 3. The van der Waals surface area contributed by atoms with Gasteiger partial charge in [0.15, 0.2) is 5.96 Å². The number of aliphatic hydroxyl groups is 2. The van der Waals surface area contributed by atoms with E-state index >= 15 is 0 Å². The van der Waals surface area contributed by atoms with Gasteiger partial charge in [-0.1, -0.05) is 27.7 Å². The molecule has 10 amide bonds. The standard InChI is InChI=1S/C49H85N15O18/c1-23(2)19-32(48(81)82)61-42(75)30(14-15-35(67)68)58-39(72)26(6)56-41(74)29(12-9-17-54-49(52)53)57-38(71)25(5)55-40(73)28(11-7-8-16-50)59-43(76)31(20-36(69)70)60-46(79)37(24(3)4)63-44(77)33(22-66)62-45(78)34-13-10-18-64(34)47(80)27(51)21-65/h23-34,37,65-66H,7-22,50-51H2,1-6H3,(H,55,73)(H,56,74)(H,57,71)(H,58,72)(H,59,76)(H,60,79)(H,61,75)(H,62,78)(H,63,77)(H,67,68)(H,69,70)(H,81,82)(H4,52,53,54)/t25-,26-,27-,28-,29-,30-,31-,32-,33-,34-,37-/m0/s1. The van der Waals surface area contributed by atoms with E-state index < -0.39 is 182 Å². The molecule has 0 aromatic heterocycles. The number of likely N-dealkylation sites (tertiary alicyclic amines) is 1. The van der Waals surface area contributed by atoms with Crippen molar-refractivity contribution in [1.29, 1.82) is 0 Å². The topological polar surface area (TPSA) is 551 Å². The van der Waals surface area contributed by atoms with E-state index in [9.17, 15) is 87.9 Å². The molecular weight excluding hydrogens is 1090 g/mol.